The van der Waals surface area contributed by atoms with Crippen molar-refractivity contribution in [3.8, 4) is 0 Å². The van der Waals surface area contributed by atoms with Crippen LogP contribution in [0.4, 0.5) is 0 Å². The zero-order chi connectivity index (χ0) is 9.61. The smallest absolute Gasteiger partial charge is 0.194 e. The summed E-state index contributed by atoms with van der Waals surface area (Å²) in [6, 6.07) is 0. The Balaban J connectivity index is 3.86. The number of aliphatic hydroxyl groups excluding tert-OH is 1. The van der Waals surface area contributed by atoms with Crippen LogP contribution in [0.3, 0.4) is 0 Å². The molecule has 0 aromatic carbocycles. The number of nitrogens with two attached hydrogens (primary N) is 2. The van der Waals surface area contributed by atoms with Crippen molar-refractivity contribution in [1.29, 1.82) is 0 Å². The standard InChI is InChI=1S/C7H18N2O3/c1-2-3-6(7(8,9)11)12-5-4-10/h6,10-11H,2-5,8-9H2,1H3. The van der Waals surface area contributed by atoms with Gasteiger partial charge in [0, 0.05) is 0 Å². The van der Waals surface area contributed by atoms with E-state index in [2.05, 4.69) is 0 Å². The molecule has 0 fully saturated rings. The van der Waals surface area contributed by atoms with Crippen LogP contribution in [0.25, 0.3) is 0 Å². The normalized spacial score (nSPS) is 14.8. The molecule has 0 saturated heterocycles. The third kappa shape index (κ3) is 4.63. The number of ether oxygens (including phenoxy) is 1. The highest BCUT2D eigenvalue weighted by Gasteiger charge is 2.27. The average molecular weight is 178 g/mol. The van der Waals surface area contributed by atoms with Gasteiger partial charge in [0.05, 0.1) is 13.2 Å². The Labute approximate surface area is 72.3 Å². The van der Waals surface area contributed by atoms with Crippen LogP contribution in [0.1, 0.15) is 19.8 Å². The van der Waals surface area contributed by atoms with Crippen LogP contribution in [0.5, 0.6) is 0 Å². The molecule has 0 saturated carbocycles. The van der Waals surface area contributed by atoms with E-state index in [0.717, 1.165) is 6.42 Å². The summed E-state index contributed by atoms with van der Waals surface area (Å²) >= 11 is 0. The number of rotatable bonds is 6. The van der Waals surface area contributed by atoms with Gasteiger partial charge in [0.1, 0.15) is 6.10 Å². The molecule has 6 N–H and O–H groups in total. The molecular weight excluding hydrogens is 160 g/mol. The molecule has 0 radical (unpaired) electrons. The highest BCUT2D eigenvalue weighted by molar-refractivity contribution is 4.74. The minimum Gasteiger partial charge on any atom is -0.394 e. The summed E-state index contributed by atoms with van der Waals surface area (Å²) in [5.74, 6) is -1.81. The summed E-state index contributed by atoms with van der Waals surface area (Å²) in [7, 11) is 0. The van der Waals surface area contributed by atoms with Crippen molar-refractivity contribution < 1.29 is 14.9 Å². The second kappa shape index (κ2) is 5.45. The highest BCUT2D eigenvalue weighted by Crippen LogP contribution is 2.08. The van der Waals surface area contributed by atoms with Crippen molar-refractivity contribution in [3.63, 3.8) is 0 Å². The molecule has 1 atom stereocenters. The van der Waals surface area contributed by atoms with Gasteiger partial charge in [-0.3, -0.25) is 11.5 Å². The third-order valence-electron chi connectivity index (χ3n) is 1.48. The molecule has 74 valence electrons. The van der Waals surface area contributed by atoms with Gasteiger partial charge in [-0.25, -0.2) is 0 Å². The second-order valence-electron chi connectivity index (χ2n) is 2.76. The molecule has 5 nitrogen and oxygen atoms in total. The minimum atomic E-state index is -1.81. The Kier molecular flexibility index (Phi) is 5.36. The SMILES string of the molecule is CCCC(OCCO)C(N)(N)O. The van der Waals surface area contributed by atoms with Crippen molar-refractivity contribution in [3.05, 3.63) is 0 Å². The molecule has 0 aliphatic heterocycles. The summed E-state index contributed by atoms with van der Waals surface area (Å²) in [5.41, 5.74) is 10.5. The van der Waals surface area contributed by atoms with Gasteiger partial charge in [-0.15, -0.1) is 0 Å². The van der Waals surface area contributed by atoms with Crippen molar-refractivity contribution in [1.82, 2.24) is 0 Å². The fourth-order valence-electron chi connectivity index (χ4n) is 0.905. The molecule has 0 aliphatic carbocycles. The maximum absolute atomic E-state index is 9.18. The van der Waals surface area contributed by atoms with Crippen molar-refractivity contribution >= 4 is 0 Å². The predicted molar refractivity (Wildman–Crippen MR) is 45.1 cm³/mol. The van der Waals surface area contributed by atoms with Crippen molar-refractivity contribution in [2.24, 2.45) is 11.5 Å². The van der Waals surface area contributed by atoms with Gasteiger partial charge in [0.2, 0.25) is 0 Å². The Morgan fingerprint density at radius 2 is 2.08 bits per heavy atom. The molecule has 0 aromatic heterocycles. The molecule has 0 rings (SSSR count). The van der Waals surface area contributed by atoms with E-state index < -0.39 is 12.0 Å². The zero-order valence-corrected chi connectivity index (χ0v) is 7.36. The van der Waals surface area contributed by atoms with E-state index in [0.29, 0.717) is 6.42 Å². The lowest BCUT2D eigenvalue weighted by atomic mass is 10.1. The van der Waals surface area contributed by atoms with Crippen LogP contribution in [-0.4, -0.2) is 35.4 Å². The van der Waals surface area contributed by atoms with Gasteiger partial charge in [-0.05, 0) is 6.42 Å². The van der Waals surface area contributed by atoms with Gasteiger partial charge in [-0.2, -0.15) is 0 Å². The summed E-state index contributed by atoms with van der Waals surface area (Å²) in [6.45, 7) is 1.97. The number of hydrogen-bond donors (Lipinski definition) is 4. The van der Waals surface area contributed by atoms with Gasteiger partial charge in [0.25, 0.3) is 0 Å². The Morgan fingerprint density at radius 3 is 2.42 bits per heavy atom. The summed E-state index contributed by atoms with van der Waals surface area (Å²) in [6.07, 6.45) is 0.769. The van der Waals surface area contributed by atoms with E-state index in [4.69, 9.17) is 21.3 Å². The lowest BCUT2D eigenvalue weighted by molar-refractivity contribution is -0.111. The van der Waals surface area contributed by atoms with Crippen LogP contribution in [0.15, 0.2) is 0 Å². The molecule has 0 aliphatic rings. The van der Waals surface area contributed by atoms with Crippen LogP contribution in [0, 0.1) is 0 Å². The van der Waals surface area contributed by atoms with Gasteiger partial charge >= 0.3 is 0 Å². The molecule has 0 spiro atoms. The Morgan fingerprint density at radius 1 is 1.50 bits per heavy atom. The first-order valence-electron chi connectivity index (χ1n) is 4.05. The van der Waals surface area contributed by atoms with Crippen molar-refractivity contribution in [2.45, 2.75) is 31.7 Å². The summed E-state index contributed by atoms with van der Waals surface area (Å²) < 4.78 is 5.05. The van der Waals surface area contributed by atoms with Crippen molar-refractivity contribution in [2.75, 3.05) is 13.2 Å². The van der Waals surface area contributed by atoms with Crippen LogP contribution in [-0.2, 0) is 4.74 Å². The Bertz CT molecular complexity index is 114. The summed E-state index contributed by atoms with van der Waals surface area (Å²) in [5, 5.41) is 17.6. The van der Waals surface area contributed by atoms with E-state index in [1.165, 1.54) is 0 Å². The zero-order valence-electron chi connectivity index (χ0n) is 7.36. The van der Waals surface area contributed by atoms with Crippen LogP contribution < -0.4 is 11.5 Å². The number of hydrogen-bond acceptors (Lipinski definition) is 5. The van der Waals surface area contributed by atoms with E-state index in [1.54, 1.807) is 0 Å². The Hall–Kier alpha value is -0.200. The van der Waals surface area contributed by atoms with E-state index in [1.807, 2.05) is 6.92 Å². The topological polar surface area (TPSA) is 102 Å². The maximum Gasteiger partial charge on any atom is 0.194 e. The quantitative estimate of drug-likeness (QED) is 0.380. The van der Waals surface area contributed by atoms with Gasteiger partial charge < -0.3 is 14.9 Å². The molecule has 1 unspecified atom stereocenters. The lowest BCUT2D eigenvalue weighted by Gasteiger charge is -2.28. The lowest BCUT2D eigenvalue weighted by Crippen LogP contribution is -2.59. The fraction of sp³-hybridized carbons (Fsp3) is 1.00. The first-order valence-corrected chi connectivity index (χ1v) is 4.05. The molecule has 0 bridgehead atoms. The van der Waals surface area contributed by atoms with Gasteiger partial charge in [-0.1, -0.05) is 13.3 Å². The fourth-order valence-corrected chi connectivity index (χ4v) is 0.905. The predicted octanol–water partition coefficient (Wildman–Crippen LogP) is -1.27. The first kappa shape index (κ1) is 11.8. The number of aliphatic hydroxyl groups is 2. The minimum absolute atomic E-state index is 0.101. The highest BCUT2D eigenvalue weighted by atomic mass is 16.5. The van der Waals surface area contributed by atoms with Crippen LogP contribution >= 0.6 is 0 Å². The largest absolute Gasteiger partial charge is 0.394 e. The van der Waals surface area contributed by atoms with E-state index in [-0.39, 0.29) is 13.2 Å². The van der Waals surface area contributed by atoms with Crippen LogP contribution in [0.2, 0.25) is 0 Å². The molecule has 0 heterocycles. The second-order valence-corrected chi connectivity index (χ2v) is 2.76. The molecular formula is C7H18N2O3. The monoisotopic (exact) mass is 178 g/mol. The first-order chi connectivity index (χ1) is 5.52. The average Bonchev–Trinajstić information content (AvgIpc) is 1.95. The molecule has 0 aromatic rings. The summed E-state index contributed by atoms with van der Waals surface area (Å²) in [4.78, 5) is 0. The molecule has 5 heteroatoms. The van der Waals surface area contributed by atoms with E-state index >= 15 is 0 Å². The third-order valence-corrected chi connectivity index (χ3v) is 1.48. The molecule has 12 heavy (non-hydrogen) atoms. The van der Waals surface area contributed by atoms with Gasteiger partial charge in [0.15, 0.2) is 5.85 Å². The maximum atomic E-state index is 9.18. The van der Waals surface area contributed by atoms with E-state index in [9.17, 15) is 5.11 Å². The molecule has 0 amide bonds.